The molecule has 24 heavy (non-hydrogen) atoms. The summed E-state index contributed by atoms with van der Waals surface area (Å²) in [7, 11) is 0. The zero-order valence-corrected chi connectivity index (χ0v) is 13.8. The molecule has 3 heteroatoms. The second-order valence-corrected chi connectivity index (χ2v) is 6.83. The lowest BCUT2D eigenvalue weighted by Gasteiger charge is -2.45. The molecule has 0 saturated carbocycles. The third-order valence-corrected chi connectivity index (χ3v) is 5.32. The number of benzene rings is 2. The van der Waals surface area contributed by atoms with Gasteiger partial charge in [0.05, 0.1) is 23.7 Å². The number of aliphatic hydroxyl groups is 1. The number of carbonyl (C=O) groups excluding carboxylic acids is 1. The summed E-state index contributed by atoms with van der Waals surface area (Å²) in [6, 6.07) is 17.0. The van der Waals surface area contributed by atoms with E-state index in [1.165, 1.54) is 0 Å². The Morgan fingerprint density at radius 3 is 2.38 bits per heavy atom. The van der Waals surface area contributed by atoms with Crippen molar-refractivity contribution in [3.8, 4) is 0 Å². The lowest BCUT2D eigenvalue weighted by atomic mass is 9.63. The van der Waals surface area contributed by atoms with Crippen molar-refractivity contribution >= 4 is 5.78 Å². The highest BCUT2D eigenvalue weighted by atomic mass is 16.5. The molecule has 4 rings (SSSR count). The highest BCUT2D eigenvalue weighted by Crippen LogP contribution is 2.55. The van der Waals surface area contributed by atoms with Crippen LogP contribution in [0.3, 0.4) is 0 Å². The first-order valence-corrected chi connectivity index (χ1v) is 8.26. The quantitative estimate of drug-likeness (QED) is 0.851. The maximum atomic E-state index is 13.3. The summed E-state index contributed by atoms with van der Waals surface area (Å²) in [6.45, 7) is 3.82. The fourth-order valence-corrected chi connectivity index (χ4v) is 4.24. The molecular formula is C21H20O3. The van der Waals surface area contributed by atoms with Crippen molar-refractivity contribution in [2.24, 2.45) is 5.92 Å². The summed E-state index contributed by atoms with van der Waals surface area (Å²) in [5, 5.41) is 10.8. The molecule has 0 unspecified atom stereocenters. The standard InChI is InChI=1S/C21H20O3/c1-13-12-17-20(23)16-11-7-6-10-15(16)18(21(17,2)24-13)19(22)14-8-4-3-5-9-14/h3-12,17-18,20,23H,1-2H3/t17-,18-,20-,21-/m1/s1. The summed E-state index contributed by atoms with van der Waals surface area (Å²) in [5.74, 6) is 0.119. The van der Waals surface area contributed by atoms with Gasteiger partial charge in [0.15, 0.2) is 5.78 Å². The summed E-state index contributed by atoms with van der Waals surface area (Å²) in [4.78, 5) is 13.3. The van der Waals surface area contributed by atoms with E-state index >= 15 is 0 Å². The summed E-state index contributed by atoms with van der Waals surface area (Å²) in [6.07, 6.45) is 1.29. The number of allylic oxidation sites excluding steroid dienone is 1. The van der Waals surface area contributed by atoms with Gasteiger partial charge in [-0.15, -0.1) is 0 Å². The topological polar surface area (TPSA) is 46.5 Å². The van der Waals surface area contributed by atoms with Crippen LogP contribution < -0.4 is 0 Å². The van der Waals surface area contributed by atoms with Crippen molar-refractivity contribution in [2.45, 2.75) is 31.5 Å². The van der Waals surface area contributed by atoms with E-state index in [0.717, 1.165) is 16.9 Å². The molecule has 0 saturated heterocycles. The third-order valence-electron chi connectivity index (χ3n) is 5.32. The molecule has 3 nitrogen and oxygen atoms in total. The van der Waals surface area contributed by atoms with Gasteiger partial charge in [-0.3, -0.25) is 4.79 Å². The Hall–Kier alpha value is -2.39. The van der Waals surface area contributed by atoms with E-state index in [1.807, 2.05) is 74.5 Å². The number of hydrogen-bond donors (Lipinski definition) is 1. The van der Waals surface area contributed by atoms with Gasteiger partial charge in [-0.2, -0.15) is 0 Å². The number of ketones is 1. The van der Waals surface area contributed by atoms with Crippen molar-refractivity contribution in [1.82, 2.24) is 0 Å². The number of ether oxygens (including phenoxy) is 1. The molecule has 1 aliphatic carbocycles. The van der Waals surface area contributed by atoms with Crippen LogP contribution in [0.1, 0.15) is 47.4 Å². The molecule has 0 radical (unpaired) electrons. The first-order chi connectivity index (χ1) is 11.5. The van der Waals surface area contributed by atoms with E-state index in [4.69, 9.17) is 4.74 Å². The van der Waals surface area contributed by atoms with Gasteiger partial charge in [0, 0.05) is 5.56 Å². The van der Waals surface area contributed by atoms with E-state index in [-0.39, 0.29) is 11.7 Å². The first kappa shape index (κ1) is 15.2. The maximum Gasteiger partial charge on any atom is 0.174 e. The molecule has 122 valence electrons. The summed E-state index contributed by atoms with van der Waals surface area (Å²) >= 11 is 0. The van der Waals surface area contributed by atoms with Crippen LogP contribution in [0.15, 0.2) is 66.4 Å². The largest absolute Gasteiger partial charge is 0.491 e. The minimum Gasteiger partial charge on any atom is -0.491 e. The van der Waals surface area contributed by atoms with Crippen LogP contribution >= 0.6 is 0 Å². The zero-order valence-electron chi connectivity index (χ0n) is 13.8. The van der Waals surface area contributed by atoms with Crippen LogP contribution in [0.4, 0.5) is 0 Å². The van der Waals surface area contributed by atoms with Gasteiger partial charge >= 0.3 is 0 Å². The van der Waals surface area contributed by atoms with Crippen molar-refractivity contribution in [2.75, 3.05) is 0 Å². The van der Waals surface area contributed by atoms with E-state index in [2.05, 4.69) is 0 Å². The van der Waals surface area contributed by atoms with Gasteiger partial charge in [-0.1, -0.05) is 54.6 Å². The smallest absolute Gasteiger partial charge is 0.174 e. The molecule has 1 heterocycles. The normalized spacial score (nSPS) is 30.8. The van der Waals surface area contributed by atoms with Gasteiger partial charge in [0.25, 0.3) is 0 Å². The molecule has 1 N–H and O–H groups in total. The molecule has 0 bridgehead atoms. The maximum absolute atomic E-state index is 13.3. The van der Waals surface area contributed by atoms with Crippen LogP contribution in [-0.4, -0.2) is 16.5 Å². The molecule has 0 spiro atoms. The Labute approximate surface area is 141 Å². The SMILES string of the molecule is CC1=C[C@@H]2[C@H](O)c3ccccc3[C@H](C(=O)c3ccccc3)[C@]2(C)O1. The highest BCUT2D eigenvalue weighted by molar-refractivity contribution is 6.02. The molecule has 4 atom stereocenters. The van der Waals surface area contributed by atoms with Crippen LogP contribution in [0, 0.1) is 5.92 Å². The number of fused-ring (bicyclic) bond motifs is 2. The van der Waals surface area contributed by atoms with Crippen molar-refractivity contribution in [3.05, 3.63) is 83.1 Å². The Bertz CT molecular complexity index is 824. The number of rotatable bonds is 2. The third kappa shape index (κ3) is 2.05. The van der Waals surface area contributed by atoms with Gasteiger partial charge in [-0.05, 0) is 31.1 Å². The monoisotopic (exact) mass is 320 g/mol. The molecule has 0 fully saturated rings. The molecular weight excluding hydrogens is 300 g/mol. The predicted octanol–water partition coefficient (Wildman–Crippen LogP) is 4.01. The molecule has 0 amide bonds. The Morgan fingerprint density at radius 1 is 1.04 bits per heavy atom. The lowest BCUT2D eigenvalue weighted by molar-refractivity contribution is -0.0578. The fourth-order valence-electron chi connectivity index (χ4n) is 4.24. The highest BCUT2D eigenvalue weighted by Gasteiger charge is 2.57. The summed E-state index contributed by atoms with van der Waals surface area (Å²) < 4.78 is 6.12. The van der Waals surface area contributed by atoms with Gasteiger partial charge < -0.3 is 9.84 Å². The predicted molar refractivity (Wildman–Crippen MR) is 91.7 cm³/mol. The second kappa shape index (κ2) is 5.32. The Balaban J connectivity index is 1.90. The van der Waals surface area contributed by atoms with Gasteiger partial charge in [-0.25, -0.2) is 0 Å². The average Bonchev–Trinajstić information content (AvgIpc) is 2.91. The molecule has 2 aliphatic rings. The van der Waals surface area contributed by atoms with E-state index < -0.39 is 17.6 Å². The summed E-state index contributed by atoms with van der Waals surface area (Å²) in [5.41, 5.74) is 1.58. The van der Waals surface area contributed by atoms with E-state index in [1.54, 1.807) is 0 Å². The van der Waals surface area contributed by atoms with Crippen molar-refractivity contribution < 1.29 is 14.6 Å². The molecule has 2 aromatic rings. The number of carbonyl (C=O) groups is 1. The molecule has 2 aromatic carbocycles. The Morgan fingerprint density at radius 2 is 1.67 bits per heavy atom. The van der Waals surface area contributed by atoms with Crippen molar-refractivity contribution in [3.63, 3.8) is 0 Å². The number of aliphatic hydroxyl groups excluding tert-OH is 1. The van der Waals surface area contributed by atoms with Crippen LogP contribution in [-0.2, 0) is 4.74 Å². The van der Waals surface area contributed by atoms with Gasteiger partial charge in [0.1, 0.15) is 5.60 Å². The van der Waals surface area contributed by atoms with E-state index in [0.29, 0.717) is 5.56 Å². The lowest BCUT2D eigenvalue weighted by Crippen LogP contribution is -2.49. The van der Waals surface area contributed by atoms with Crippen LogP contribution in [0.25, 0.3) is 0 Å². The molecule has 0 aromatic heterocycles. The molecule has 1 aliphatic heterocycles. The number of hydrogen-bond acceptors (Lipinski definition) is 3. The first-order valence-electron chi connectivity index (χ1n) is 8.26. The minimum absolute atomic E-state index is 0.0329. The Kier molecular flexibility index (Phi) is 3.36. The number of Topliss-reactive ketones (excluding diaryl/α,β-unsaturated/α-hetero) is 1. The zero-order chi connectivity index (χ0) is 16.9. The van der Waals surface area contributed by atoms with E-state index in [9.17, 15) is 9.90 Å². The van der Waals surface area contributed by atoms with Crippen molar-refractivity contribution in [1.29, 1.82) is 0 Å². The van der Waals surface area contributed by atoms with Crippen LogP contribution in [0.2, 0.25) is 0 Å². The van der Waals surface area contributed by atoms with Gasteiger partial charge in [0.2, 0.25) is 0 Å². The van der Waals surface area contributed by atoms with Crippen LogP contribution in [0.5, 0.6) is 0 Å². The fraction of sp³-hybridized carbons (Fsp3) is 0.286. The average molecular weight is 320 g/mol. The minimum atomic E-state index is -0.773. The second-order valence-electron chi connectivity index (χ2n) is 6.83.